The Balaban J connectivity index is 4.38. The fourth-order valence-electron chi connectivity index (χ4n) is 5.23. The Morgan fingerprint density at radius 1 is 0.477 bits per heavy atom. The maximum Gasteiger partial charge on any atom is 0.474 e. The van der Waals surface area contributed by atoms with Crippen molar-refractivity contribution in [2.75, 3.05) is 39.6 Å². The Kier molecular flexibility index (Phi) is 28.4. The summed E-state index contributed by atoms with van der Waals surface area (Å²) in [6.45, 7) is 19.1. The second-order valence-corrected chi connectivity index (χ2v) is 16.2. The van der Waals surface area contributed by atoms with Gasteiger partial charge in [0.25, 0.3) is 0 Å². The molecule has 0 aromatic rings. The zero-order chi connectivity index (χ0) is 33.1. The summed E-state index contributed by atoms with van der Waals surface area (Å²) in [6.07, 6.45) is 16.7. The Bertz CT molecular complexity index is 736. The molecule has 8 nitrogen and oxygen atoms in total. The van der Waals surface area contributed by atoms with Crippen molar-refractivity contribution >= 4 is 15.6 Å². The van der Waals surface area contributed by atoms with E-state index in [1.165, 1.54) is 25.7 Å². The molecule has 0 fully saturated rings. The molecule has 0 N–H and O–H groups in total. The molecule has 266 valence electrons. The fraction of sp³-hybridized carbons (Fsp3) is 1.00. The molecular weight excluding hydrogens is 598 g/mol. The highest BCUT2D eigenvalue weighted by Crippen LogP contribution is 2.51. The summed E-state index contributed by atoms with van der Waals surface area (Å²) in [4.78, 5) is 0. The van der Waals surface area contributed by atoms with Crippen molar-refractivity contribution in [1.29, 1.82) is 0 Å². The first-order valence-corrected chi connectivity index (χ1v) is 21.1. The number of unbranched alkanes of at least 4 members (excludes halogenated alkanes) is 4. The molecule has 0 aliphatic carbocycles. The predicted molar refractivity (Wildman–Crippen MR) is 184 cm³/mol. The summed E-state index contributed by atoms with van der Waals surface area (Å²) in [7, 11) is -7.10. The van der Waals surface area contributed by atoms with E-state index in [4.69, 9.17) is 27.1 Å². The molecular formula is C34H72O8P2. The van der Waals surface area contributed by atoms with Crippen LogP contribution >= 0.6 is 15.6 Å². The molecule has 0 saturated carbocycles. The second kappa shape index (κ2) is 28.3. The maximum atomic E-state index is 13.1. The van der Waals surface area contributed by atoms with Crippen molar-refractivity contribution < 1.29 is 36.3 Å². The van der Waals surface area contributed by atoms with Crippen molar-refractivity contribution in [3.05, 3.63) is 0 Å². The van der Waals surface area contributed by atoms with Crippen molar-refractivity contribution in [1.82, 2.24) is 0 Å². The lowest BCUT2D eigenvalue weighted by Crippen LogP contribution is -2.12. The van der Waals surface area contributed by atoms with Gasteiger partial charge in [0.2, 0.25) is 0 Å². The van der Waals surface area contributed by atoms with Gasteiger partial charge in [0.05, 0.1) is 39.6 Å². The van der Waals surface area contributed by atoms with Gasteiger partial charge in [0.1, 0.15) is 0 Å². The quantitative estimate of drug-likeness (QED) is 0.0503. The smallest absolute Gasteiger partial charge is 0.287 e. The van der Waals surface area contributed by atoms with Crippen LogP contribution in [0.1, 0.15) is 158 Å². The Morgan fingerprint density at radius 2 is 0.909 bits per heavy atom. The maximum absolute atomic E-state index is 13.1. The minimum absolute atomic E-state index is 0.288. The molecule has 0 aromatic heterocycles. The van der Waals surface area contributed by atoms with Gasteiger partial charge in [-0.3, -0.25) is 27.1 Å². The largest absolute Gasteiger partial charge is 0.474 e. The van der Waals surface area contributed by atoms with Crippen LogP contribution in [0.2, 0.25) is 0 Å². The lowest BCUT2D eigenvalue weighted by atomic mass is 9.94. The molecule has 5 atom stereocenters. The van der Waals surface area contributed by atoms with Crippen LogP contribution in [0.3, 0.4) is 0 Å². The molecule has 0 amide bonds. The zero-order valence-electron chi connectivity index (χ0n) is 30.0. The standard InChI is InChI=1S/C34H72O8P2/c1-9-21-33(25-19-23-31(6)7)29-41-43(35,37-12-4)39-27-17-15-14-16-18-28-40-44(36,38-13-5)42-30-34(22-10-2)26-20-24-32(8)11-3/h31-34H,9-30H2,1-8H3. The predicted octanol–water partition coefficient (Wildman–Crippen LogP) is 12.2. The summed E-state index contributed by atoms with van der Waals surface area (Å²) < 4.78 is 60.1. The first kappa shape index (κ1) is 44.2. The minimum atomic E-state index is -3.55. The van der Waals surface area contributed by atoms with Gasteiger partial charge in [-0.25, -0.2) is 9.13 Å². The average molecular weight is 671 g/mol. The molecule has 0 aromatic carbocycles. The van der Waals surface area contributed by atoms with Crippen molar-refractivity contribution in [2.45, 2.75) is 158 Å². The van der Waals surface area contributed by atoms with Crippen molar-refractivity contribution in [3.63, 3.8) is 0 Å². The van der Waals surface area contributed by atoms with Gasteiger partial charge in [-0.05, 0) is 76.0 Å². The molecule has 5 unspecified atom stereocenters. The molecule has 0 rings (SSSR count). The van der Waals surface area contributed by atoms with Crippen LogP contribution in [-0.2, 0) is 36.3 Å². The van der Waals surface area contributed by atoms with E-state index in [1.807, 2.05) is 13.8 Å². The SMILES string of the molecule is CCCC(CCCC(C)C)COP(=O)(OCC)OCCCCCCCOP(=O)(OCC)OCC(CCC)CCCC(C)CC. The number of phosphoric acid groups is 2. The molecule has 0 heterocycles. The lowest BCUT2D eigenvalue weighted by Gasteiger charge is -2.22. The van der Waals surface area contributed by atoms with Crippen LogP contribution in [0.15, 0.2) is 0 Å². The van der Waals surface area contributed by atoms with Gasteiger partial charge >= 0.3 is 15.6 Å². The Labute approximate surface area is 273 Å². The van der Waals surface area contributed by atoms with Crippen LogP contribution in [0.5, 0.6) is 0 Å². The topological polar surface area (TPSA) is 89.5 Å². The van der Waals surface area contributed by atoms with E-state index >= 15 is 0 Å². The van der Waals surface area contributed by atoms with E-state index in [0.29, 0.717) is 44.2 Å². The van der Waals surface area contributed by atoms with Gasteiger partial charge in [-0.1, -0.05) is 106 Å². The van der Waals surface area contributed by atoms with Gasteiger partial charge in [0, 0.05) is 0 Å². The van der Waals surface area contributed by atoms with Crippen LogP contribution in [0.4, 0.5) is 0 Å². The summed E-state index contributed by atoms with van der Waals surface area (Å²) >= 11 is 0. The van der Waals surface area contributed by atoms with Crippen molar-refractivity contribution in [2.24, 2.45) is 23.7 Å². The molecule has 0 spiro atoms. The molecule has 0 radical (unpaired) electrons. The van der Waals surface area contributed by atoms with Gasteiger partial charge in [0.15, 0.2) is 0 Å². The molecule has 0 bridgehead atoms. The summed E-state index contributed by atoms with van der Waals surface area (Å²) in [5, 5.41) is 0. The molecule has 0 aliphatic rings. The van der Waals surface area contributed by atoms with E-state index in [2.05, 4.69) is 41.5 Å². The Hall–Kier alpha value is 0.220. The van der Waals surface area contributed by atoms with E-state index in [1.54, 1.807) is 0 Å². The molecule has 0 saturated heterocycles. The molecule has 10 heteroatoms. The minimum Gasteiger partial charge on any atom is -0.287 e. The fourth-order valence-corrected chi connectivity index (χ4v) is 7.80. The van der Waals surface area contributed by atoms with E-state index in [9.17, 15) is 9.13 Å². The first-order chi connectivity index (χ1) is 21.1. The molecule has 44 heavy (non-hydrogen) atoms. The summed E-state index contributed by atoms with van der Waals surface area (Å²) in [5.41, 5.74) is 0. The van der Waals surface area contributed by atoms with Gasteiger partial charge < -0.3 is 0 Å². The third-order valence-corrected chi connectivity index (χ3v) is 11.2. The van der Waals surface area contributed by atoms with Crippen LogP contribution in [0, 0.1) is 23.7 Å². The highest BCUT2D eigenvalue weighted by molar-refractivity contribution is 7.48. The van der Waals surface area contributed by atoms with Gasteiger partial charge in [-0.2, -0.15) is 0 Å². The Morgan fingerprint density at radius 3 is 1.30 bits per heavy atom. The van der Waals surface area contributed by atoms with Gasteiger partial charge in [-0.15, -0.1) is 0 Å². The average Bonchev–Trinajstić information content (AvgIpc) is 2.98. The highest BCUT2D eigenvalue weighted by Gasteiger charge is 2.28. The third-order valence-electron chi connectivity index (χ3n) is 8.09. The third kappa shape index (κ3) is 24.4. The number of rotatable bonds is 33. The van der Waals surface area contributed by atoms with Crippen molar-refractivity contribution in [3.8, 4) is 0 Å². The highest BCUT2D eigenvalue weighted by atomic mass is 31.2. The summed E-state index contributed by atoms with van der Waals surface area (Å²) in [6, 6.07) is 0. The van der Waals surface area contributed by atoms with Crippen LogP contribution in [-0.4, -0.2) is 39.6 Å². The monoisotopic (exact) mass is 670 g/mol. The van der Waals surface area contributed by atoms with E-state index < -0.39 is 15.6 Å². The van der Waals surface area contributed by atoms with E-state index in [0.717, 1.165) is 83.0 Å². The zero-order valence-corrected chi connectivity index (χ0v) is 31.8. The van der Waals surface area contributed by atoms with Crippen LogP contribution in [0.25, 0.3) is 0 Å². The number of hydrogen-bond acceptors (Lipinski definition) is 8. The lowest BCUT2D eigenvalue weighted by molar-refractivity contribution is 0.0975. The van der Waals surface area contributed by atoms with Crippen LogP contribution < -0.4 is 0 Å². The normalized spacial score (nSPS) is 16.9. The molecule has 0 aliphatic heterocycles. The second-order valence-electron chi connectivity index (χ2n) is 12.8. The van der Waals surface area contributed by atoms with E-state index in [-0.39, 0.29) is 13.2 Å². The number of hydrogen-bond donors (Lipinski definition) is 0. The first-order valence-electron chi connectivity index (χ1n) is 18.1. The number of phosphoric ester groups is 2. The summed E-state index contributed by atoms with van der Waals surface area (Å²) in [5.74, 6) is 2.18.